The van der Waals surface area contributed by atoms with Gasteiger partial charge in [-0.3, -0.25) is 9.69 Å². The number of nitrogens with zero attached hydrogens (tertiary/aromatic N) is 3. The molecule has 0 saturated carbocycles. The molecular weight excluding hydrogens is 334 g/mol. The fraction of sp³-hybridized carbons (Fsp3) is 0.261. The first-order valence-corrected chi connectivity index (χ1v) is 9.38. The minimum absolute atomic E-state index is 0.0666. The number of benzene rings is 2. The molecule has 4 heteroatoms. The zero-order valence-corrected chi connectivity index (χ0v) is 15.9. The second-order valence-corrected chi connectivity index (χ2v) is 7.31. The van der Waals surface area contributed by atoms with Gasteiger partial charge in [-0.2, -0.15) is 0 Å². The molecule has 4 nitrogen and oxygen atoms in total. The minimum Gasteiger partial charge on any atom is -0.289 e. The SMILES string of the molecule is CC(C)c1ccccc1-c1ncc2c(n1)N([C@@H](C)c1ccccc1)C(=O)C2. The quantitative estimate of drug-likeness (QED) is 0.666. The predicted molar refractivity (Wildman–Crippen MR) is 108 cm³/mol. The highest BCUT2D eigenvalue weighted by Gasteiger charge is 2.34. The molecule has 0 spiro atoms. The largest absolute Gasteiger partial charge is 0.289 e. The van der Waals surface area contributed by atoms with Crippen LogP contribution in [0.2, 0.25) is 0 Å². The van der Waals surface area contributed by atoms with Crippen LogP contribution in [0.15, 0.2) is 60.8 Å². The molecule has 3 aromatic rings. The molecule has 136 valence electrons. The number of rotatable bonds is 4. The monoisotopic (exact) mass is 357 g/mol. The van der Waals surface area contributed by atoms with E-state index in [-0.39, 0.29) is 11.9 Å². The first-order valence-electron chi connectivity index (χ1n) is 9.38. The number of hydrogen-bond donors (Lipinski definition) is 0. The topological polar surface area (TPSA) is 46.1 Å². The number of anilines is 1. The second-order valence-electron chi connectivity index (χ2n) is 7.31. The molecule has 0 N–H and O–H groups in total. The van der Waals surface area contributed by atoms with Gasteiger partial charge in [-0.1, -0.05) is 68.4 Å². The van der Waals surface area contributed by atoms with Gasteiger partial charge in [-0.25, -0.2) is 9.97 Å². The van der Waals surface area contributed by atoms with E-state index in [4.69, 9.17) is 4.98 Å². The lowest BCUT2D eigenvalue weighted by molar-refractivity contribution is -0.117. The summed E-state index contributed by atoms with van der Waals surface area (Å²) in [7, 11) is 0. The molecule has 0 aliphatic carbocycles. The molecule has 0 saturated heterocycles. The van der Waals surface area contributed by atoms with Crippen LogP contribution >= 0.6 is 0 Å². The summed E-state index contributed by atoms with van der Waals surface area (Å²) in [6.45, 7) is 6.38. The summed E-state index contributed by atoms with van der Waals surface area (Å²) in [6, 6.07) is 18.2. The number of fused-ring (bicyclic) bond motifs is 1. The normalized spacial score (nSPS) is 14.5. The molecule has 1 aliphatic heterocycles. The van der Waals surface area contributed by atoms with Crippen molar-refractivity contribution in [3.05, 3.63) is 77.5 Å². The second kappa shape index (κ2) is 6.95. The highest BCUT2D eigenvalue weighted by molar-refractivity contribution is 6.01. The van der Waals surface area contributed by atoms with Crippen molar-refractivity contribution < 1.29 is 4.79 Å². The van der Waals surface area contributed by atoms with Crippen molar-refractivity contribution in [2.45, 2.75) is 39.2 Å². The summed E-state index contributed by atoms with van der Waals surface area (Å²) in [5, 5.41) is 0. The van der Waals surface area contributed by atoms with E-state index < -0.39 is 0 Å². The van der Waals surface area contributed by atoms with Gasteiger partial charge in [0.05, 0.1) is 12.5 Å². The molecule has 1 aromatic heterocycles. The van der Waals surface area contributed by atoms with Gasteiger partial charge in [0, 0.05) is 17.3 Å². The molecule has 4 rings (SSSR count). The van der Waals surface area contributed by atoms with Crippen LogP contribution < -0.4 is 4.90 Å². The Bertz CT molecular complexity index is 982. The Labute approximate surface area is 159 Å². The zero-order valence-electron chi connectivity index (χ0n) is 15.9. The van der Waals surface area contributed by atoms with Crippen molar-refractivity contribution in [3.63, 3.8) is 0 Å². The number of carbonyl (C=O) groups excluding carboxylic acids is 1. The van der Waals surface area contributed by atoms with Gasteiger partial charge in [-0.05, 0) is 24.0 Å². The summed E-state index contributed by atoms with van der Waals surface area (Å²) in [5.74, 6) is 1.86. The smallest absolute Gasteiger partial charge is 0.233 e. The maximum atomic E-state index is 12.7. The van der Waals surface area contributed by atoms with Crippen LogP contribution in [0.1, 0.15) is 49.4 Å². The average Bonchev–Trinajstić information content (AvgIpc) is 3.03. The Morgan fingerprint density at radius 3 is 2.41 bits per heavy atom. The first kappa shape index (κ1) is 17.4. The van der Waals surface area contributed by atoms with Gasteiger partial charge < -0.3 is 0 Å². The highest BCUT2D eigenvalue weighted by Crippen LogP contribution is 2.36. The molecule has 0 radical (unpaired) electrons. The van der Waals surface area contributed by atoms with E-state index in [1.165, 1.54) is 5.56 Å². The van der Waals surface area contributed by atoms with Crippen LogP contribution in [0.5, 0.6) is 0 Å². The Morgan fingerprint density at radius 2 is 1.67 bits per heavy atom. The number of amides is 1. The molecule has 0 unspecified atom stereocenters. The fourth-order valence-corrected chi connectivity index (χ4v) is 3.71. The van der Waals surface area contributed by atoms with E-state index in [9.17, 15) is 4.79 Å². The number of carbonyl (C=O) groups is 1. The van der Waals surface area contributed by atoms with E-state index in [2.05, 4.69) is 31.0 Å². The van der Waals surface area contributed by atoms with Gasteiger partial charge in [0.2, 0.25) is 5.91 Å². The summed E-state index contributed by atoms with van der Waals surface area (Å²) in [6.07, 6.45) is 2.17. The Kier molecular flexibility index (Phi) is 4.48. The summed E-state index contributed by atoms with van der Waals surface area (Å²) >= 11 is 0. The molecular formula is C23H23N3O. The van der Waals surface area contributed by atoms with Crippen molar-refractivity contribution in [2.75, 3.05) is 4.90 Å². The Hall–Kier alpha value is -3.01. The molecule has 0 bridgehead atoms. The van der Waals surface area contributed by atoms with Gasteiger partial charge in [0.1, 0.15) is 5.82 Å². The van der Waals surface area contributed by atoms with Crippen LogP contribution in [-0.2, 0) is 11.2 Å². The summed E-state index contributed by atoms with van der Waals surface area (Å²) in [4.78, 5) is 24.0. The van der Waals surface area contributed by atoms with Crippen LogP contribution in [0, 0.1) is 0 Å². The Morgan fingerprint density at radius 1 is 0.963 bits per heavy atom. The van der Waals surface area contributed by atoms with E-state index in [1.54, 1.807) is 0 Å². The molecule has 1 atom stereocenters. The summed E-state index contributed by atoms with van der Waals surface area (Å²) < 4.78 is 0. The van der Waals surface area contributed by atoms with Gasteiger partial charge in [0.25, 0.3) is 0 Å². The lowest BCUT2D eigenvalue weighted by atomic mass is 9.97. The molecule has 1 amide bonds. The molecule has 2 aromatic carbocycles. The lowest BCUT2D eigenvalue weighted by Crippen LogP contribution is -2.30. The minimum atomic E-state index is -0.0666. The van der Waals surface area contributed by atoms with Crippen molar-refractivity contribution >= 4 is 11.7 Å². The molecule has 2 heterocycles. The van der Waals surface area contributed by atoms with Gasteiger partial charge in [-0.15, -0.1) is 0 Å². The van der Waals surface area contributed by atoms with Gasteiger partial charge in [0.15, 0.2) is 5.82 Å². The highest BCUT2D eigenvalue weighted by atomic mass is 16.2. The van der Waals surface area contributed by atoms with Gasteiger partial charge >= 0.3 is 0 Å². The van der Waals surface area contributed by atoms with E-state index in [0.29, 0.717) is 18.2 Å². The first-order chi connectivity index (χ1) is 13.1. The third kappa shape index (κ3) is 3.12. The van der Waals surface area contributed by atoms with E-state index in [0.717, 1.165) is 22.5 Å². The maximum Gasteiger partial charge on any atom is 0.233 e. The van der Waals surface area contributed by atoms with E-state index in [1.807, 2.05) is 60.5 Å². The van der Waals surface area contributed by atoms with Crippen LogP contribution in [0.4, 0.5) is 5.82 Å². The van der Waals surface area contributed by atoms with Crippen molar-refractivity contribution in [3.8, 4) is 11.4 Å². The third-order valence-corrected chi connectivity index (χ3v) is 5.17. The van der Waals surface area contributed by atoms with E-state index >= 15 is 0 Å². The standard InChI is InChI=1S/C23H23N3O/c1-15(2)19-11-7-8-12-20(19)22-24-14-18-13-21(27)26(23(18)25-22)16(3)17-9-5-4-6-10-17/h4-12,14-16H,13H2,1-3H3/t16-/m0/s1. The van der Waals surface area contributed by atoms with Crippen LogP contribution in [0.25, 0.3) is 11.4 Å². The summed E-state index contributed by atoms with van der Waals surface area (Å²) in [5.41, 5.74) is 4.24. The predicted octanol–water partition coefficient (Wildman–Crippen LogP) is 4.92. The number of hydrogen-bond acceptors (Lipinski definition) is 3. The molecule has 27 heavy (non-hydrogen) atoms. The average molecular weight is 357 g/mol. The third-order valence-electron chi connectivity index (χ3n) is 5.17. The zero-order chi connectivity index (χ0) is 19.0. The maximum absolute atomic E-state index is 12.7. The van der Waals surface area contributed by atoms with Crippen LogP contribution in [0.3, 0.4) is 0 Å². The van der Waals surface area contributed by atoms with Crippen molar-refractivity contribution in [2.24, 2.45) is 0 Å². The lowest BCUT2D eigenvalue weighted by Gasteiger charge is -2.25. The number of aromatic nitrogens is 2. The Balaban J connectivity index is 1.78. The molecule has 0 fully saturated rings. The molecule has 1 aliphatic rings. The van der Waals surface area contributed by atoms with Crippen molar-refractivity contribution in [1.82, 2.24) is 9.97 Å². The van der Waals surface area contributed by atoms with Crippen molar-refractivity contribution in [1.29, 1.82) is 0 Å². The fourth-order valence-electron chi connectivity index (χ4n) is 3.71. The van der Waals surface area contributed by atoms with Crippen LogP contribution in [-0.4, -0.2) is 15.9 Å².